The Balaban J connectivity index is 1.92. The maximum absolute atomic E-state index is 12.0. The first-order chi connectivity index (χ1) is 10.9. The Hall–Kier alpha value is -2.16. The number of sulfonamides is 1. The fourth-order valence-corrected chi connectivity index (χ4v) is 3.03. The predicted molar refractivity (Wildman–Crippen MR) is 91.4 cm³/mol. The first kappa shape index (κ1) is 17.2. The zero-order chi connectivity index (χ0) is 16.9. The Morgan fingerprint density at radius 1 is 0.957 bits per heavy atom. The molecule has 0 saturated heterocycles. The molecular weight excluding hydrogens is 358 g/mol. The summed E-state index contributed by atoms with van der Waals surface area (Å²) >= 11 is 10.6. The summed E-state index contributed by atoms with van der Waals surface area (Å²) in [6.45, 7) is 0. The van der Waals surface area contributed by atoms with Crippen LogP contribution in [0.4, 0.5) is 0 Å². The van der Waals surface area contributed by atoms with E-state index < -0.39 is 15.9 Å². The molecule has 0 spiro atoms. The van der Waals surface area contributed by atoms with E-state index in [0.29, 0.717) is 10.6 Å². The van der Waals surface area contributed by atoms with Crippen LogP contribution in [-0.2, 0) is 10.0 Å². The van der Waals surface area contributed by atoms with E-state index in [1.807, 2.05) is 0 Å². The quantitative estimate of drug-likeness (QED) is 0.567. The van der Waals surface area contributed by atoms with Gasteiger partial charge >= 0.3 is 0 Å². The lowest BCUT2D eigenvalue weighted by atomic mass is 10.2. The number of hydrogen-bond donors (Lipinski definition) is 3. The van der Waals surface area contributed by atoms with E-state index in [1.165, 1.54) is 24.3 Å². The summed E-state index contributed by atoms with van der Waals surface area (Å²) in [6, 6.07) is 13.9. The lowest BCUT2D eigenvalue weighted by Crippen LogP contribution is -2.48. The van der Waals surface area contributed by atoms with Gasteiger partial charge in [-0.15, -0.1) is 0 Å². The number of benzene rings is 2. The van der Waals surface area contributed by atoms with Gasteiger partial charge in [-0.2, -0.15) is 0 Å². The molecule has 1 amide bonds. The largest absolute Gasteiger partial charge is 0.273 e. The second kappa shape index (κ2) is 7.40. The fourth-order valence-electron chi connectivity index (χ4n) is 1.59. The molecule has 0 radical (unpaired) electrons. The minimum atomic E-state index is -3.80. The smallest absolute Gasteiger partial charge is 0.269 e. The Labute approximate surface area is 143 Å². The number of nitrogens with one attached hydrogen (secondary N) is 3. The molecule has 0 fully saturated rings. The van der Waals surface area contributed by atoms with Crippen molar-refractivity contribution in [1.29, 1.82) is 0 Å². The summed E-state index contributed by atoms with van der Waals surface area (Å²) in [6.07, 6.45) is 0. The maximum Gasteiger partial charge on any atom is 0.269 e. The highest BCUT2D eigenvalue weighted by Crippen LogP contribution is 2.09. The number of amides is 1. The highest BCUT2D eigenvalue weighted by atomic mass is 35.5. The number of rotatable bonds is 3. The van der Waals surface area contributed by atoms with Crippen LogP contribution in [0.15, 0.2) is 59.5 Å². The predicted octanol–water partition coefficient (Wildman–Crippen LogP) is 1.84. The minimum absolute atomic E-state index is 0.0631. The Morgan fingerprint density at radius 2 is 1.57 bits per heavy atom. The van der Waals surface area contributed by atoms with Crippen molar-refractivity contribution >= 4 is 44.9 Å². The van der Waals surface area contributed by atoms with Crippen molar-refractivity contribution in [2.75, 3.05) is 0 Å². The molecule has 0 atom stereocenters. The van der Waals surface area contributed by atoms with Crippen LogP contribution in [0.5, 0.6) is 0 Å². The molecule has 6 nitrogen and oxygen atoms in total. The number of hydrogen-bond acceptors (Lipinski definition) is 4. The van der Waals surface area contributed by atoms with Crippen molar-refractivity contribution in [2.24, 2.45) is 0 Å². The van der Waals surface area contributed by atoms with Gasteiger partial charge in [0, 0.05) is 10.6 Å². The third-order valence-corrected chi connectivity index (χ3v) is 4.63. The summed E-state index contributed by atoms with van der Waals surface area (Å²) in [5.41, 5.74) is 4.97. The fraction of sp³-hybridized carbons (Fsp3) is 0. The Kier molecular flexibility index (Phi) is 5.54. The zero-order valence-electron chi connectivity index (χ0n) is 11.6. The van der Waals surface area contributed by atoms with Gasteiger partial charge < -0.3 is 0 Å². The Bertz CT molecular complexity index is 809. The summed E-state index contributed by atoms with van der Waals surface area (Å²) in [7, 11) is -3.80. The molecule has 3 N–H and O–H groups in total. The summed E-state index contributed by atoms with van der Waals surface area (Å²) in [5.74, 6) is -0.483. The van der Waals surface area contributed by atoms with E-state index >= 15 is 0 Å². The summed E-state index contributed by atoms with van der Waals surface area (Å²) < 4.78 is 26.2. The van der Waals surface area contributed by atoms with E-state index in [4.69, 9.17) is 23.8 Å². The monoisotopic (exact) mass is 369 g/mol. The van der Waals surface area contributed by atoms with Gasteiger partial charge in [-0.05, 0) is 48.6 Å². The first-order valence-corrected chi connectivity index (χ1v) is 8.59. The third kappa shape index (κ3) is 4.92. The molecule has 0 aliphatic heterocycles. The third-order valence-electron chi connectivity index (χ3n) is 2.68. The molecule has 0 heterocycles. The highest BCUT2D eigenvalue weighted by Gasteiger charge is 2.15. The van der Waals surface area contributed by atoms with Crippen LogP contribution in [-0.4, -0.2) is 19.4 Å². The number of hydrazine groups is 1. The second-order valence-electron chi connectivity index (χ2n) is 4.33. The van der Waals surface area contributed by atoms with Crippen LogP contribution in [0, 0.1) is 0 Å². The van der Waals surface area contributed by atoms with Crippen molar-refractivity contribution in [3.05, 3.63) is 65.2 Å². The number of carbonyl (C=O) groups is 1. The standard InChI is InChI=1S/C14H12ClN3O3S2/c15-11-8-6-10(7-9-11)13(19)16-17-14(22)18-23(20,21)12-4-2-1-3-5-12/h1-9H,(H,16,19)(H2,17,18,22). The normalized spacial score (nSPS) is 10.7. The van der Waals surface area contributed by atoms with Gasteiger partial charge in [0.2, 0.25) is 0 Å². The maximum atomic E-state index is 12.0. The van der Waals surface area contributed by atoms with Gasteiger partial charge in [-0.3, -0.25) is 20.4 Å². The van der Waals surface area contributed by atoms with Gasteiger partial charge in [-0.1, -0.05) is 29.8 Å². The molecule has 0 saturated carbocycles. The molecule has 0 bridgehead atoms. The van der Waals surface area contributed by atoms with E-state index in [1.54, 1.807) is 30.3 Å². The van der Waals surface area contributed by atoms with Gasteiger partial charge in [0.05, 0.1) is 4.90 Å². The van der Waals surface area contributed by atoms with Crippen molar-refractivity contribution < 1.29 is 13.2 Å². The van der Waals surface area contributed by atoms with Crippen LogP contribution in [0.3, 0.4) is 0 Å². The van der Waals surface area contributed by atoms with Crippen LogP contribution < -0.4 is 15.6 Å². The van der Waals surface area contributed by atoms with Crippen LogP contribution in [0.2, 0.25) is 5.02 Å². The van der Waals surface area contributed by atoms with Gasteiger partial charge in [0.15, 0.2) is 5.11 Å². The van der Waals surface area contributed by atoms with E-state index in [-0.39, 0.29) is 10.0 Å². The average Bonchev–Trinajstić information content (AvgIpc) is 2.54. The highest BCUT2D eigenvalue weighted by molar-refractivity contribution is 7.91. The molecule has 9 heteroatoms. The van der Waals surface area contributed by atoms with Crippen molar-refractivity contribution in [1.82, 2.24) is 15.6 Å². The number of halogens is 1. The molecule has 23 heavy (non-hydrogen) atoms. The molecule has 120 valence electrons. The van der Waals surface area contributed by atoms with Crippen molar-refractivity contribution in [3.63, 3.8) is 0 Å². The van der Waals surface area contributed by atoms with Crippen LogP contribution >= 0.6 is 23.8 Å². The second-order valence-corrected chi connectivity index (χ2v) is 6.86. The van der Waals surface area contributed by atoms with Crippen molar-refractivity contribution in [3.8, 4) is 0 Å². The Morgan fingerprint density at radius 3 is 2.17 bits per heavy atom. The molecule has 0 aromatic heterocycles. The van der Waals surface area contributed by atoms with Crippen LogP contribution in [0.1, 0.15) is 10.4 Å². The van der Waals surface area contributed by atoms with Crippen LogP contribution in [0.25, 0.3) is 0 Å². The van der Waals surface area contributed by atoms with Gasteiger partial charge in [0.1, 0.15) is 0 Å². The van der Waals surface area contributed by atoms with Gasteiger partial charge in [-0.25, -0.2) is 8.42 Å². The van der Waals surface area contributed by atoms with Crippen molar-refractivity contribution in [2.45, 2.75) is 4.90 Å². The van der Waals surface area contributed by atoms with E-state index in [9.17, 15) is 13.2 Å². The summed E-state index contributed by atoms with van der Waals surface area (Å²) in [5, 5.41) is 0.247. The minimum Gasteiger partial charge on any atom is -0.273 e. The number of thiocarbonyl (C=S) groups is 1. The first-order valence-electron chi connectivity index (χ1n) is 6.32. The zero-order valence-corrected chi connectivity index (χ0v) is 14.0. The molecule has 2 rings (SSSR count). The van der Waals surface area contributed by atoms with E-state index in [2.05, 4.69) is 15.6 Å². The van der Waals surface area contributed by atoms with Gasteiger partial charge in [0.25, 0.3) is 15.9 Å². The topological polar surface area (TPSA) is 87.3 Å². The number of carbonyl (C=O) groups excluding carboxylic acids is 1. The molecule has 0 aliphatic carbocycles. The molecule has 0 unspecified atom stereocenters. The SMILES string of the molecule is O=C(NNC(=S)NS(=O)(=O)c1ccccc1)c1ccc(Cl)cc1. The molecule has 2 aromatic rings. The lowest BCUT2D eigenvalue weighted by molar-refractivity contribution is 0.0944. The molecular formula is C14H12ClN3O3S2. The molecule has 0 aliphatic rings. The summed E-state index contributed by atoms with van der Waals surface area (Å²) in [4.78, 5) is 11.9. The van der Waals surface area contributed by atoms with E-state index in [0.717, 1.165) is 0 Å². The average molecular weight is 370 g/mol. The lowest BCUT2D eigenvalue weighted by Gasteiger charge is -2.12. The molecule has 2 aromatic carbocycles.